The van der Waals surface area contributed by atoms with Crippen molar-refractivity contribution in [1.82, 2.24) is 9.55 Å². The summed E-state index contributed by atoms with van der Waals surface area (Å²) >= 11 is 1.45. The zero-order valence-electron chi connectivity index (χ0n) is 13.2. The lowest BCUT2D eigenvalue weighted by atomic mass is 10.2. The van der Waals surface area contributed by atoms with Gasteiger partial charge in [0.1, 0.15) is 5.82 Å². The zero-order valence-corrected chi connectivity index (χ0v) is 14.1. The van der Waals surface area contributed by atoms with Crippen molar-refractivity contribution >= 4 is 22.7 Å². The van der Waals surface area contributed by atoms with Gasteiger partial charge in [-0.05, 0) is 43.3 Å². The summed E-state index contributed by atoms with van der Waals surface area (Å²) in [4.78, 5) is 17.5. The maximum atomic E-state index is 13.2. The lowest BCUT2D eigenvalue weighted by Crippen LogP contribution is -2.22. The van der Waals surface area contributed by atoms with Gasteiger partial charge in [0.05, 0.1) is 23.2 Å². The smallest absolute Gasteiger partial charge is 0.266 e. The fraction of sp³-hybridized carbons (Fsp3) is 0.222. The average molecular weight is 344 g/mol. The number of fused-ring (bicyclic) bond motifs is 1. The highest BCUT2D eigenvalue weighted by Crippen LogP contribution is 2.21. The molecular weight excluding hydrogens is 327 g/mol. The molecule has 0 bridgehead atoms. The quantitative estimate of drug-likeness (QED) is 0.389. The molecule has 6 heteroatoms. The van der Waals surface area contributed by atoms with Crippen LogP contribution >= 0.6 is 11.8 Å². The van der Waals surface area contributed by atoms with Crippen LogP contribution in [0, 0.1) is 5.82 Å². The average Bonchev–Trinajstić information content (AvgIpc) is 2.60. The largest absolute Gasteiger partial charge is 0.381 e. The fourth-order valence-corrected chi connectivity index (χ4v) is 3.23. The van der Waals surface area contributed by atoms with Crippen LogP contribution in [0.4, 0.5) is 4.39 Å². The number of aromatic nitrogens is 2. The Balaban J connectivity index is 2.10. The first-order chi connectivity index (χ1) is 11.7. The Morgan fingerprint density at radius 1 is 1.17 bits per heavy atom. The first-order valence-electron chi connectivity index (χ1n) is 7.69. The Morgan fingerprint density at radius 3 is 2.67 bits per heavy atom. The third kappa shape index (κ3) is 3.49. The Labute approximate surface area is 143 Å². The molecule has 0 aliphatic heterocycles. The van der Waals surface area contributed by atoms with Crippen LogP contribution < -0.4 is 5.56 Å². The van der Waals surface area contributed by atoms with Crippen LogP contribution in [0.1, 0.15) is 6.92 Å². The number of ether oxygens (including phenoxy) is 1. The predicted octanol–water partition coefficient (Wildman–Crippen LogP) is 3.65. The second-order valence-corrected chi connectivity index (χ2v) is 6.14. The Bertz CT molecular complexity index is 894. The molecule has 0 amide bonds. The molecule has 0 radical (unpaired) electrons. The van der Waals surface area contributed by atoms with E-state index in [1.165, 1.54) is 28.5 Å². The molecule has 3 aromatic rings. The number of hydrogen-bond acceptors (Lipinski definition) is 4. The van der Waals surface area contributed by atoms with Gasteiger partial charge in [-0.2, -0.15) is 0 Å². The summed E-state index contributed by atoms with van der Waals surface area (Å²) in [7, 11) is 0. The summed E-state index contributed by atoms with van der Waals surface area (Å²) in [5.74, 6) is 0.339. The molecule has 1 aromatic heterocycles. The van der Waals surface area contributed by atoms with Gasteiger partial charge in [-0.1, -0.05) is 23.9 Å². The monoisotopic (exact) mass is 344 g/mol. The van der Waals surface area contributed by atoms with Crippen molar-refractivity contribution in [3.8, 4) is 5.69 Å². The number of nitrogens with zero attached hydrogens (tertiary/aromatic N) is 2. The van der Waals surface area contributed by atoms with E-state index in [1.54, 1.807) is 18.2 Å². The highest BCUT2D eigenvalue weighted by molar-refractivity contribution is 7.99. The number of para-hydroxylation sites is 1. The van der Waals surface area contributed by atoms with Gasteiger partial charge in [0, 0.05) is 12.4 Å². The lowest BCUT2D eigenvalue weighted by molar-refractivity contribution is 0.164. The van der Waals surface area contributed by atoms with Gasteiger partial charge in [0.15, 0.2) is 5.16 Å². The van der Waals surface area contributed by atoms with Gasteiger partial charge in [-0.15, -0.1) is 0 Å². The Hall–Kier alpha value is -2.18. The fourth-order valence-electron chi connectivity index (χ4n) is 2.36. The second-order valence-electron chi connectivity index (χ2n) is 5.07. The van der Waals surface area contributed by atoms with E-state index in [0.717, 1.165) is 0 Å². The Morgan fingerprint density at radius 2 is 1.92 bits per heavy atom. The second kappa shape index (κ2) is 7.59. The molecule has 0 saturated heterocycles. The number of halogens is 1. The van der Waals surface area contributed by atoms with Gasteiger partial charge in [-0.3, -0.25) is 9.36 Å². The molecule has 0 spiro atoms. The van der Waals surface area contributed by atoms with Crippen LogP contribution in [0.2, 0.25) is 0 Å². The van der Waals surface area contributed by atoms with E-state index in [1.807, 2.05) is 25.1 Å². The van der Waals surface area contributed by atoms with Crippen LogP contribution in [0.3, 0.4) is 0 Å². The van der Waals surface area contributed by atoms with E-state index in [0.29, 0.717) is 40.7 Å². The van der Waals surface area contributed by atoms with Crippen molar-refractivity contribution in [3.63, 3.8) is 0 Å². The summed E-state index contributed by atoms with van der Waals surface area (Å²) in [6.07, 6.45) is 0. The molecule has 0 fully saturated rings. The van der Waals surface area contributed by atoms with E-state index in [-0.39, 0.29) is 11.4 Å². The molecule has 3 rings (SSSR count). The lowest BCUT2D eigenvalue weighted by Gasteiger charge is -2.13. The first-order valence-corrected chi connectivity index (χ1v) is 8.67. The molecule has 0 saturated carbocycles. The van der Waals surface area contributed by atoms with Crippen LogP contribution in [0.15, 0.2) is 58.5 Å². The minimum Gasteiger partial charge on any atom is -0.381 e. The molecule has 124 valence electrons. The van der Waals surface area contributed by atoms with Crippen molar-refractivity contribution < 1.29 is 9.13 Å². The predicted molar refractivity (Wildman–Crippen MR) is 94.5 cm³/mol. The van der Waals surface area contributed by atoms with Gasteiger partial charge in [0.2, 0.25) is 0 Å². The molecular formula is C18H17FN2O2S. The minimum absolute atomic E-state index is 0.161. The minimum atomic E-state index is -0.342. The molecule has 0 atom stereocenters. The summed E-state index contributed by atoms with van der Waals surface area (Å²) < 4.78 is 20.1. The van der Waals surface area contributed by atoms with Crippen molar-refractivity contribution in [1.29, 1.82) is 0 Å². The van der Waals surface area contributed by atoms with Gasteiger partial charge < -0.3 is 4.74 Å². The van der Waals surface area contributed by atoms with Crippen molar-refractivity contribution in [3.05, 3.63) is 64.7 Å². The summed E-state index contributed by atoms with van der Waals surface area (Å²) in [6, 6.07) is 13.1. The van der Waals surface area contributed by atoms with Crippen LogP contribution in [0.5, 0.6) is 0 Å². The molecule has 0 aliphatic rings. The molecule has 4 nitrogen and oxygen atoms in total. The van der Waals surface area contributed by atoms with Crippen molar-refractivity contribution in [2.75, 3.05) is 19.0 Å². The Kier molecular flexibility index (Phi) is 5.27. The number of benzene rings is 2. The van der Waals surface area contributed by atoms with E-state index in [4.69, 9.17) is 4.74 Å². The molecule has 0 N–H and O–H groups in total. The molecule has 2 aromatic carbocycles. The number of hydrogen-bond donors (Lipinski definition) is 0. The van der Waals surface area contributed by atoms with Crippen LogP contribution in [-0.4, -0.2) is 28.5 Å². The van der Waals surface area contributed by atoms with E-state index in [2.05, 4.69) is 4.98 Å². The standard InChI is InChI=1S/C18H17FN2O2S/c1-2-23-11-12-24-18-20-16-6-4-3-5-15(16)17(22)21(18)14-9-7-13(19)8-10-14/h3-10H,2,11-12H2,1H3. The maximum absolute atomic E-state index is 13.2. The van der Waals surface area contributed by atoms with E-state index >= 15 is 0 Å². The van der Waals surface area contributed by atoms with Gasteiger partial charge in [-0.25, -0.2) is 9.37 Å². The molecule has 1 heterocycles. The van der Waals surface area contributed by atoms with Crippen LogP contribution in [-0.2, 0) is 4.74 Å². The van der Waals surface area contributed by atoms with Gasteiger partial charge in [0.25, 0.3) is 5.56 Å². The van der Waals surface area contributed by atoms with E-state index in [9.17, 15) is 9.18 Å². The molecule has 0 aliphatic carbocycles. The highest BCUT2D eigenvalue weighted by Gasteiger charge is 2.13. The summed E-state index contributed by atoms with van der Waals surface area (Å²) in [6.45, 7) is 3.16. The zero-order chi connectivity index (χ0) is 16.9. The first kappa shape index (κ1) is 16.7. The SMILES string of the molecule is CCOCCSc1nc2ccccc2c(=O)n1-c1ccc(F)cc1. The third-order valence-electron chi connectivity index (χ3n) is 3.49. The van der Waals surface area contributed by atoms with Gasteiger partial charge >= 0.3 is 0 Å². The number of thioether (sulfide) groups is 1. The van der Waals surface area contributed by atoms with Crippen molar-refractivity contribution in [2.24, 2.45) is 0 Å². The molecule has 24 heavy (non-hydrogen) atoms. The summed E-state index contributed by atoms with van der Waals surface area (Å²) in [5.41, 5.74) is 1.09. The highest BCUT2D eigenvalue weighted by atomic mass is 32.2. The summed E-state index contributed by atoms with van der Waals surface area (Å²) in [5, 5.41) is 1.11. The van der Waals surface area contributed by atoms with Crippen molar-refractivity contribution in [2.45, 2.75) is 12.1 Å². The van der Waals surface area contributed by atoms with Crippen LogP contribution in [0.25, 0.3) is 16.6 Å². The topological polar surface area (TPSA) is 44.1 Å². The maximum Gasteiger partial charge on any atom is 0.266 e. The van der Waals surface area contributed by atoms with E-state index < -0.39 is 0 Å². The third-order valence-corrected chi connectivity index (χ3v) is 4.40. The molecule has 0 unspecified atom stereocenters. The number of rotatable bonds is 6. The normalized spacial score (nSPS) is 11.1.